The van der Waals surface area contributed by atoms with Crippen molar-refractivity contribution in [1.82, 2.24) is 4.90 Å². The van der Waals surface area contributed by atoms with Gasteiger partial charge < -0.3 is 10.6 Å². The summed E-state index contributed by atoms with van der Waals surface area (Å²) in [6, 6.07) is 0. The lowest BCUT2D eigenvalue weighted by molar-refractivity contribution is 0.0699. The van der Waals surface area contributed by atoms with Gasteiger partial charge in [-0.05, 0) is 33.4 Å². The second-order valence-corrected chi connectivity index (χ2v) is 4.87. The van der Waals surface area contributed by atoms with E-state index in [1.54, 1.807) is 0 Å². The zero-order valence-corrected chi connectivity index (χ0v) is 9.88. The largest absolute Gasteiger partial charge is 0.387 e. The predicted molar refractivity (Wildman–Crippen MR) is 61.6 cm³/mol. The molecule has 82 valence electrons. The number of nitrogens with zero attached hydrogens (tertiary/aromatic N) is 2. The normalized spacial score (nSPS) is 21.4. The molecule has 14 heavy (non-hydrogen) atoms. The predicted octanol–water partition coefficient (Wildman–Crippen LogP) is 1.48. The van der Waals surface area contributed by atoms with Crippen LogP contribution in [-0.2, 0) is 0 Å². The molecule has 0 radical (unpaired) electrons. The van der Waals surface area contributed by atoms with Gasteiger partial charge in [0.05, 0.1) is 12.4 Å². The van der Waals surface area contributed by atoms with Gasteiger partial charge in [0.15, 0.2) is 0 Å². The first-order valence-corrected chi connectivity index (χ1v) is 5.45. The minimum Gasteiger partial charge on any atom is -0.387 e. The van der Waals surface area contributed by atoms with E-state index in [1.807, 2.05) is 0 Å². The molecule has 0 bridgehead atoms. The number of nitrogens with two attached hydrogens (primary N) is 1. The van der Waals surface area contributed by atoms with Crippen molar-refractivity contribution < 1.29 is 0 Å². The van der Waals surface area contributed by atoms with Crippen molar-refractivity contribution in [3.05, 3.63) is 0 Å². The molecule has 2 N–H and O–H groups in total. The van der Waals surface area contributed by atoms with E-state index in [9.17, 15) is 0 Å². The van der Waals surface area contributed by atoms with E-state index in [0.29, 0.717) is 11.5 Å². The molecule has 0 saturated heterocycles. The van der Waals surface area contributed by atoms with Gasteiger partial charge in [0.2, 0.25) is 0 Å². The van der Waals surface area contributed by atoms with Crippen LogP contribution in [0.25, 0.3) is 0 Å². The quantitative estimate of drug-likeness (QED) is 0.548. The number of likely N-dealkylation sites (N-methyl/N-ethyl adjacent to an activating group) is 1. The fraction of sp³-hybridized carbons (Fsp3) is 0.909. The van der Waals surface area contributed by atoms with E-state index in [0.717, 1.165) is 12.4 Å². The van der Waals surface area contributed by atoms with Crippen molar-refractivity contribution in [3.63, 3.8) is 0 Å². The Bertz CT molecular complexity index is 215. The molecule has 0 amide bonds. The van der Waals surface area contributed by atoms with Crippen LogP contribution >= 0.6 is 0 Å². The Morgan fingerprint density at radius 3 is 2.29 bits per heavy atom. The molecule has 0 unspecified atom stereocenters. The summed E-state index contributed by atoms with van der Waals surface area (Å²) in [6.45, 7) is 5.04. The van der Waals surface area contributed by atoms with Gasteiger partial charge in [-0.25, -0.2) is 0 Å². The fourth-order valence-electron chi connectivity index (χ4n) is 1.75. The Hall–Kier alpha value is -0.570. The molecule has 0 spiro atoms. The first-order valence-electron chi connectivity index (χ1n) is 5.45. The van der Waals surface area contributed by atoms with Gasteiger partial charge >= 0.3 is 0 Å². The number of hydrogen-bond donors (Lipinski definition) is 1. The Balaban J connectivity index is 2.54. The van der Waals surface area contributed by atoms with Crippen molar-refractivity contribution >= 4 is 5.84 Å². The standard InChI is InChI=1S/C11H23N3/c1-9(2)10(12)13-8-11(14(3)4)6-5-7-11/h9H,5-8H2,1-4H3,(H2,12,13). The summed E-state index contributed by atoms with van der Waals surface area (Å²) in [5.74, 6) is 1.16. The minimum absolute atomic E-state index is 0.305. The lowest BCUT2D eigenvalue weighted by atomic mass is 9.76. The van der Waals surface area contributed by atoms with E-state index in [1.165, 1.54) is 19.3 Å². The maximum atomic E-state index is 5.83. The first-order chi connectivity index (χ1) is 6.48. The molecule has 0 heterocycles. The summed E-state index contributed by atoms with van der Waals surface area (Å²) in [5, 5.41) is 0. The van der Waals surface area contributed by atoms with Crippen LogP contribution in [-0.4, -0.2) is 36.9 Å². The molecule has 0 atom stereocenters. The van der Waals surface area contributed by atoms with Crippen LogP contribution in [0, 0.1) is 5.92 Å². The third-order valence-electron chi connectivity index (χ3n) is 3.38. The van der Waals surface area contributed by atoms with Gasteiger partial charge in [-0.15, -0.1) is 0 Å². The molecule has 0 aromatic rings. The highest BCUT2D eigenvalue weighted by Gasteiger charge is 2.38. The van der Waals surface area contributed by atoms with E-state index in [-0.39, 0.29) is 0 Å². The molecule has 3 heteroatoms. The third kappa shape index (κ3) is 2.27. The molecule has 1 fully saturated rings. The zero-order valence-electron chi connectivity index (χ0n) is 9.88. The Morgan fingerprint density at radius 1 is 1.43 bits per heavy atom. The van der Waals surface area contributed by atoms with Crippen LogP contribution < -0.4 is 5.73 Å². The molecule has 0 aromatic carbocycles. The summed E-state index contributed by atoms with van der Waals surface area (Å²) in [6.07, 6.45) is 3.85. The monoisotopic (exact) mass is 197 g/mol. The van der Waals surface area contributed by atoms with Crippen LogP contribution in [0.5, 0.6) is 0 Å². The second-order valence-electron chi connectivity index (χ2n) is 4.87. The number of rotatable bonds is 4. The molecule has 1 aliphatic rings. The number of aliphatic imine (C=N–C) groups is 1. The average molecular weight is 197 g/mol. The summed E-state index contributed by atoms with van der Waals surface area (Å²) < 4.78 is 0. The highest BCUT2D eigenvalue weighted by Crippen LogP contribution is 2.36. The second kappa shape index (κ2) is 4.30. The Morgan fingerprint density at radius 2 is 2.00 bits per heavy atom. The highest BCUT2D eigenvalue weighted by molar-refractivity contribution is 5.82. The van der Waals surface area contributed by atoms with Gasteiger partial charge in [-0.3, -0.25) is 4.99 Å². The van der Waals surface area contributed by atoms with Crippen LogP contribution in [0.2, 0.25) is 0 Å². The average Bonchev–Trinajstić information content (AvgIpc) is 2.00. The van der Waals surface area contributed by atoms with Gasteiger partial charge in [0.1, 0.15) is 0 Å². The van der Waals surface area contributed by atoms with E-state index in [4.69, 9.17) is 5.73 Å². The SMILES string of the molecule is CC(C)C(N)=NCC1(N(C)C)CCC1. The van der Waals surface area contributed by atoms with Gasteiger partial charge in [0.25, 0.3) is 0 Å². The van der Waals surface area contributed by atoms with E-state index in [2.05, 4.69) is 37.8 Å². The van der Waals surface area contributed by atoms with Crippen molar-refractivity contribution in [2.45, 2.75) is 38.6 Å². The number of hydrogen-bond acceptors (Lipinski definition) is 2. The van der Waals surface area contributed by atoms with Gasteiger partial charge in [-0.1, -0.05) is 13.8 Å². The van der Waals surface area contributed by atoms with Crippen molar-refractivity contribution in [2.24, 2.45) is 16.6 Å². The molecule has 0 aliphatic heterocycles. The zero-order chi connectivity index (χ0) is 10.8. The third-order valence-corrected chi connectivity index (χ3v) is 3.38. The van der Waals surface area contributed by atoms with Crippen molar-refractivity contribution in [2.75, 3.05) is 20.6 Å². The summed E-state index contributed by atoms with van der Waals surface area (Å²) in [4.78, 5) is 6.79. The van der Waals surface area contributed by atoms with Crippen LogP contribution in [0.4, 0.5) is 0 Å². The minimum atomic E-state index is 0.305. The molecule has 1 saturated carbocycles. The van der Waals surface area contributed by atoms with Gasteiger partial charge in [0, 0.05) is 11.5 Å². The smallest absolute Gasteiger partial charge is 0.0963 e. The van der Waals surface area contributed by atoms with Gasteiger partial charge in [-0.2, -0.15) is 0 Å². The topological polar surface area (TPSA) is 41.6 Å². The lowest BCUT2D eigenvalue weighted by Gasteiger charge is -2.46. The van der Waals surface area contributed by atoms with Crippen molar-refractivity contribution in [3.8, 4) is 0 Å². The molecular formula is C11H23N3. The maximum Gasteiger partial charge on any atom is 0.0963 e. The van der Waals surface area contributed by atoms with Crippen LogP contribution in [0.15, 0.2) is 4.99 Å². The molecular weight excluding hydrogens is 174 g/mol. The fourth-order valence-corrected chi connectivity index (χ4v) is 1.75. The Kier molecular flexibility index (Phi) is 3.53. The summed E-state index contributed by atoms with van der Waals surface area (Å²) in [5.41, 5.74) is 6.14. The highest BCUT2D eigenvalue weighted by atomic mass is 15.2. The Labute approximate surface area is 87.4 Å². The van der Waals surface area contributed by atoms with Crippen molar-refractivity contribution in [1.29, 1.82) is 0 Å². The molecule has 3 nitrogen and oxygen atoms in total. The number of amidine groups is 1. The van der Waals surface area contributed by atoms with E-state index < -0.39 is 0 Å². The van der Waals surface area contributed by atoms with Crippen LogP contribution in [0.1, 0.15) is 33.1 Å². The first kappa shape index (κ1) is 11.5. The van der Waals surface area contributed by atoms with E-state index >= 15 is 0 Å². The summed E-state index contributed by atoms with van der Waals surface area (Å²) in [7, 11) is 4.28. The maximum absolute atomic E-state index is 5.83. The summed E-state index contributed by atoms with van der Waals surface area (Å²) >= 11 is 0. The molecule has 1 rings (SSSR count). The van der Waals surface area contributed by atoms with Crippen LogP contribution in [0.3, 0.4) is 0 Å². The lowest BCUT2D eigenvalue weighted by Crippen LogP contribution is -2.52. The molecule has 0 aromatic heterocycles. The molecule has 1 aliphatic carbocycles.